The van der Waals surface area contributed by atoms with Gasteiger partial charge in [-0.25, -0.2) is 4.57 Å². The lowest BCUT2D eigenvalue weighted by molar-refractivity contribution is -0.396. The standard InChI is InChI=1S/C7H10N4O4/c1-10-5(6(13)8-2-3-12)4-9-7(10)11(14)15/h4,12H,2-3H2,1H3,(H,8,13). The number of aliphatic hydroxyl groups is 1. The van der Waals surface area contributed by atoms with E-state index in [4.69, 9.17) is 5.11 Å². The van der Waals surface area contributed by atoms with E-state index in [0.29, 0.717) is 0 Å². The number of nitro groups is 1. The van der Waals surface area contributed by atoms with E-state index in [1.165, 1.54) is 7.05 Å². The number of carbonyl (C=O) groups excluding carboxylic acids is 1. The molecule has 15 heavy (non-hydrogen) atoms. The molecule has 0 saturated carbocycles. The van der Waals surface area contributed by atoms with Crippen LogP contribution in [0, 0.1) is 10.1 Å². The van der Waals surface area contributed by atoms with Gasteiger partial charge in [-0.3, -0.25) is 4.79 Å². The summed E-state index contributed by atoms with van der Waals surface area (Å²) in [6, 6.07) is 0. The van der Waals surface area contributed by atoms with E-state index in [-0.39, 0.29) is 18.8 Å². The zero-order valence-electron chi connectivity index (χ0n) is 8.01. The molecule has 1 aromatic heterocycles. The van der Waals surface area contributed by atoms with Crippen LogP contribution in [0.5, 0.6) is 0 Å². The van der Waals surface area contributed by atoms with Crippen LogP contribution in [0.4, 0.5) is 5.95 Å². The van der Waals surface area contributed by atoms with Crippen molar-refractivity contribution in [1.29, 1.82) is 0 Å². The number of nitrogens with one attached hydrogen (secondary N) is 1. The number of carbonyl (C=O) groups is 1. The second-order valence-electron chi connectivity index (χ2n) is 2.74. The molecule has 82 valence electrons. The molecule has 0 bridgehead atoms. The quantitative estimate of drug-likeness (QED) is 0.496. The molecule has 0 spiro atoms. The normalized spacial score (nSPS) is 10.0. The first kappa shape index (κ1) is 11.1. The first-order valence-electron chi connectivity index (χ1n) is 4.13. The number of amides is 1. The van der Waals surface area contributed by atoms with Crippen LogP contribution in [0.25, 0.3) is 0 Å². The zero-order valence-corrected chi connectivity index (χ0v) is 8.01. The maximum Gasteiger partial charge on any atom is 0.434 e. The molecule has 0 aliphatic heterocycles. The fourth-order valence-corrected chi connectivity index (χ4v) is 1.04. The van der Waals surface area contributed by atoms with Crippen molar-refractivity contribution in [2.75, 3.05) is 13.2 Å². The molecule has 2 N–H and O–H groups in total. The minimum atomic E-state index is -0.678. The predicted octanol–water partition coefficient (Wildman–Crippen LogP) is -0.950. The van der Waals surface area contributed by atoms with Crippen LogP contribution in [-0.4, -0.2) is 38.6 Å². The Kier molecular flexibility index (Phi) is 3.34. The van der Waals surface area contributed by atoms with Crippen molar-refractivity contribution in [3.63, 3.8) is 0 Å². The van der Waals surface area contributed by atoms with Crippen molar-refractivity contribution in [3.05, 3.63) is 22.0 Å². The molecule has 1 heterocycles. The SMILES string of the molecule is Cn1c(C(=O)NCCO)cnc1[N+](=O)[O-]. The molecule has 8 nitrogen and oxygen atoms in total. The number of hydrogen-bond donors (Lipinski definition) is 2. The van der Waals surface area contributed by atoms with E-state index >= 15 is 0 Å². The van der Waals surface area contributed by atoms with E-state index in [2.05, 4.69) is 10.3 Å². The highest BCUT2D eigenvalue weighted by atomic mass is 16.6. The lowest BCUT2D eigenvalue weighted by Gasteiger charge is -2.00. The Morgan fingerprint density at radius 2 is 2.47 bits per heavy atom. The van der Waals surface area contributed by atoms with E-state index < -0.39 is 16.8 Å². The number of imidazole rings is 1. The molecule has 0 atom stereocenters. The van der Waals surface area contributed by atoms with Gasteiger partial charge < -0.3 is 20.5 Å². The Morgan fingerprint density at radius 1 is 1.80 bits per heavy atom. The van der Waals surface area contributed by atoms with E-state index in [1.807, 2.05) is 0 Å². The van der Waals surface area contributed by atoms with Crippen LogP contribution in [0.15, 0.2) is 6.20 Å². The Morgan fingerprint density at radius 3 is 2.93 bits per heavy atom. The smallest absolute Gasteiger partial charge is 0.395 e. The fourth-order valence-electron chi connectivity index (χ4n) is 1.04. The first-order valence-corrected chi connectivity index (χ1v) is 4.13. The van der Waals surface area contributed by atoms with Crippen molar-refractivity contribution in [2.24, 2.45) is 7.05 Å². The van der Waals surface area contributed by atoms with Crippen molar-refractivity contribution < 1.29 is 14.8 Å². The van der Waals surface area contributed by atoms with Crippen LogP contribution in [0.2, 0.25) is 0 Å². The average molecular weight is 214 g/mol. The van der Waals surface area contributed by atoms with E-state index in [9.17, 15) is 14.9 Å². The second-order valence-corrected chi connectivity index (χ2v) is 2.74. The Labute approximate surface area is 84.7 Å². The molecule has 1 rings (SSSR count). The molecule has 0 fully saturated rings. The third-order valence-corrected chi connectivity index (χ3v) is 1.76. The molecular formula is C7H10N4O4. The molecule has 0 aliphatic rings. The van der Waals surface area contributed by atoms with E-state index in [1.54, 1.807) is 0 Å². The monoisotopic (exact) mass is 214 g/mol. The fraction of sp³-hybridized carbons (Fsp3) is 0.429. The van der Waals surface area contributed by atoms with Gasteiger partial charge in [-0.2, -0.15) is 0 Å². The van der Waals surface area contributed by atoms with Gasteiger partial charge in [0.2, 0.25) is 5.69 Å². The predicted molar refractivity (Wildman–Crippen MR) is 49.3 cm³/mol. The van der Waals surface area contributed by atoms with Gasteiger partial charge in [0.1, 0.15) is 0 Å². The lowest BCUT2D eigenvalue weighted by atomic mass is 10.4. The third-order valence-electron chi connectivity index (χ3n) is 1.76. The lowest BCUT2D eigenvalue weighted by Crippen LogP contribution is -2.28. The zero-order chi connectivity index (χ0) is 11.4. The molecular weight excluding hydrogens is 204 g/mol. The number of aliphatic hydroxyl groups excluding tert-OH is 1. The number of nitrogens with zero attached hydrogens (tertiary/aromatic N) is 3. The van der Waals surface area contributed by atoms with E-state index in [0.717, 1.165) is 10.8 Å². The van der Waals surface area contributed by atoms with Crippen LogP contribution < -0.4 is 5.32 Å². The highest BCUT2D eigenvalue weighted by Gasteiger charge is 2.21. The summed E-state index contributed by atoms with van der Waals surface area (Å²) < 4.78 is 1.08. The minimum absolute atomic E-state index is 0.0788. The molecule has 1 aromatic rings. The van der Waals surface area contributed by atoms with Gasteiger partial charge in [-0.05, 0) is 4.92 Å². The molecule has 0 aliphatic carbocycles. The van der Waals surface area contributed by atoms with Gasteiger partial charge in [0.25, 0.3) is 5.91 Å². The Bertz CT molecular complexity index is 386. The Hall–Kier alpha value is -1.96. The van der Waals surface area contributed by atoms with Gasteiger partial charge in [0, 0.05) is 6.54 Å². The maximum absolute atomic E-state index is 11.4. The Balaban J connectivity index is 2.86. The summed E-state index contributed by atoms with van der Waals surface area (Å²) in [7, 11) is 1.37. The molecule has 8 heteroatoms. The summed E-state index contributed by atoms with van der Waals surface area (Å²) in [6.07, 6.45) is 1.12. The van der Waals surface area contributed by atoms with Gasteiger partial charge in [0.05, 0.1) is 13.7 Å². The van der Waals surface area contributed by atoms with Crippen LogP contribution in [0.1, 0.15) is 10.5 Å². The summed E-state index contributed by atoms with van der Waals surface area (Å²) in [5.41, 5.74) is 0.0788. The highest BCUT2D eigenvalue weighted by Crippen LogP contribution is 2.09. The van der Waals surface area contributed by atoms with Gasteiger partial charge in [-0.15, -0.1) is 0 Å². The third kappa shape index (κ3) is 2.29. The second kappa shape index (κ2) is 4.51. The van der Waals surface area contributed by atoms with Crippen molar-refractivity contribution in [3.8, 4) is 0 Å². The summed E-state index contributed by atoms with van der Waals surface area (Å²) in [5.74, 6) is -0.906. The first-order chi connectivity index (χ1) is 7.07. The average Bonchev–Trinajstić information content (AvgIpc) is 2.56. The number of hydrogen-bond acceptors (Lipinski definition) is 5. The van der Waals surface area contributed by atoms with Crippen molar-refractivity contribution in [1.82, 2.24) is 14.9 Å². The maximum atomic E-state index is 11.4. The summed E-state index contributed by atoms with van der Waals surface area (Å²) in [4.78, 5) is 24.6. The summed E-state index contributed by atoms with van der Waals surface area (Å²) >= 11 is 0. The van der Waals surface area contributed by atoms with Crippen LogP contribution in [0.3, 0.4) is 0 Å². The summed E-state index contributed by atoms with van der Waals surface area (Å²) in [5, 5.41) is 21.3. The molecule has 0 saturated heterocycles. The highest BCUT2D eigenvalue weighted by molar-refractivity contribution is 5.92. The van der Waals surface area contributed by atoms with Gasteiger partial charge in [-0.1, -0.05) is 4.98 Å². The molecule has 0 radical (unpaired) electrons. The van der Waals surface area contributed by atoms with Crippen LogP contribution >= 0.6 is 0 Å². The number of aromatic nitrogens is 2. The van der Waals surface area contributed by atoms with Gasteiger partial charge in [0.15, 0.2) is 6.20 Å². The number of rotatable bonds is 4. The summed E-state index contributed by atoms with van der Waals surface area (Å²) in [6.45, 7) is -0.0938. The van der Waals surface area contributed by atoms with Gasteiger partial charge >= 0.3 is 5.95 Å². The molecule has 1 amide bonds. The largest absolute Gasteiger partial charge is 0.434 e. The minimum Gasteiger partial charge on any atom is -0.395 e. The van der Waals surface area contributed by atoms with Crippen LogP contribution in [-0.2, 0) is 7.05 Å². The van der Waals surface area contributed by atoms with Crippen molar-refractivity contribution >= 4 is 11.9 Å². The topological polar surface area (TPSA) is 110 Å². The van der Waals surface area contributed by atoms with Crippen molar-refractivity contribution in [2.45, 2.75) is 0 Å². The molecule has 0 unspecified atom stereocenters. The molecule has 0 aromatic carbocycles.